The number of furan rings is 1. The van der Waals surface area contributed by atoms with Gasteiger partial charge in [-0.15, -0.1) is 0 Å². The Balaban J connectivity index is 1.60. The van der Waals surface area contributed by atoms with Crippen LogP contribution >= 0.6 is 0 Å². The summed E-state index contributed by atoms with van der Waals surface area (Å²) in [7, 11) is 0. The molecule has 98 valence electrons. The summed E-state index contributed by atoms with van der Waals surface area (Å²) in [4.78, 5) is 12.1. The molecule has 0 unspecified atom stereocenters. The first-order valence-corrected chi connectivity index (χ1v) is 6.53. The minimum atomic E-state index is -0.0372. The lowest BCUT2D eigenvalue weighted by Crippen LogP contribution is -2.93. The van der Waals surface area contributed by atoms with Gasteiger partial charge in [-0.05, 0) is 17.7 Å². The minimum Gasteiger partial charge on any atom is -0.467 e. The Kier molecular flexibility index (Phi) is 3.33. The third-order valence-electron chi connectivity index (χ3n) is 3.53. The van der Waals surface area contributed by atoms with E-state index in [0.29, 0.717) is 6.54 Å². The summed E-state index contributed by atoms with van der Waals surface area (Å²) in [5.41, 5.74) is 2.61. The lowest BCUT2D eigenvalue weighted by atomic mass is 9.95. The lowest BCUT2D eigenvalue weighted by molar-refractivity contribution is -0.695. The predicted molar refractivity (Wildman–Crippen MR) is 70.1 cm³/mol. The van der Waals surface area contributed by atoms with E-state index in [1.54, 1.807) is 6.26 Å². The summed E-state index contributed by atoms with van der Waals surface area (Å²) < 4.78 is 5.20. The topological polar surface area (TPSA) is 58.9 Å². The van der Waals surface area contributed by atoms with Crippen molar-refractivity contribution in [3.05, 3.63) is 59.5 Å². The second-order valence-electron chi connectivity index (χ2n) is 4.82. The molecule has 1 atom stereocenters. The molecule has 4 heteroatoms. The maximum absolute atomic E-state index is 12.1. The van der Waals surface area contributed by atoms with Gasteiger partial charge < -0.3 is 15.1 Å². The van der Waals surface area contributed by atoms with E-state index < -0.39 is 0 Å². The van der Waals surface area contributed by atoms with Crippen LogP contribution in [0.2, 0.25) is 0 Å². The molecule has 3 rings (SSSR count). The number of benzene rings is 1. The fourth-order valence-electron chi connectivity index (χ4n) is 2.46. The van der Waals surface area contributed by atoms with Crippen molar-refractivity contribution >= 4 is 5.91 Å². The Labute approximate surface area is 111 Å². The third-order valence-corrected chi connectivity index (χ3v) is 3.53. The Morgan fingerprint density at radius 1 is 1.26 bits per heavy atom. The van der Waals surface area contributed by atoms with Crippen LogP contribution in [0.1, 0.15) is 16.9 Å². The van der Waals surface area contributed by atoms with E-state index in [9.17, 15) is 4.79 Å². The number of amides is 1. The zero-order chi connectivity index (χ0) is 13.1. The highest BCUT2D eigenvalue weighted by Crippen LogP contribution is 2.12. The monoisotopic (exact) mass is 257 g/mol. The van der Waals surface area contributed by atoms with E-state index in [1.807, 2.05) is 24.3 Å². The molecule has 19 heavy (non-hydrogen) atoms. The van der Waals surface area contributed by atoms with Gasteiger partial charge in [0.1, 0.15) is 12.3 Å². The number of rotatable bonds is 3. The minimum absolute atomic E-state index is 0.0372. The summed E-state index contributed by atoms with van der Waals surface area (Å²) in [6.07, 6.45) is 2.41. The molecule has 0 radical (unpaired) electrons. The van der Waals surface area contributed by atoms with Crippen molar-refractivity contribution in [2.24, 2.45) is 0 Å². The number of fused-ring (bicyclic) bond motifs is 1. The molecule has 1 aliphatic rings. The second-order valence-corrected chi connectivity index (χ2v) is 4.82. The molecule has 0 bridgehead atoms. The van der Waals surface area contributed by atoms with Crippen molar-refractivity contribution < 1.29 is 14.5 Å². The van der Waals surface area contributed by atoms with Crippen LogP contribution in [0.15, 0.2) is 47.1 Å². The highest BCUT2D eigenvalue weighted by atomic mass is 16.3. The van der Waals surface area contributed by atoms with Crippen LogP contribution in [0.5, 0.6) is 0 Å². The molecule has 0 saturated carbocycles. The molecule has 1 aromatic carbocycles. The van der Waals surface area contributed by atoms with Gasteiger partial charge in [-0.2, -0.15) is 0 Å². The quantitative estimate of drug-likeness (QED) is 0.845. The normalized spacial score (nSPS) is 17.8. The van der Waals surface area contributed by atoms with Gasteiger partial charge in [0.05, 0.1) is 12.8 Å². The van der Waals surface area contributed by atoms with Gasteiger partial charge in [-0.3, -0.25) is 4.79 Å². The van der Waals surface area contributed by atoms with E-state index >= 15 is 0 Å². The number of nitrogens with one attached hydrogen (secondary N) is 1. The van der Waals surface area contributed by atoms with Crippen molar-refractivity contribution in [1.29, 1.82) is 0 Å². The van der Waals surface area contributed by atoms with Gasteiger partial charge in [0.25, 0.3) is 5.91 Å². The molecule has 0 fully saturated rings. The first-order valence-electron chi connectivity index (χ1n) is 6.53. The van der Waals surface area contributed by atoms with Crippen LogP contribution in [0.4, 0.5) is 0 Å². The van der Waals surface area contributed by atoms with Gasteiger partial charge in [-0.25, -0.2) is 0 Å². The number of hydrogen-bond donors (Lipinski definition) is 2. The molecule has 0 aliphatic carbocycles. The number of carbonyl (C=O) groups excluding carboxylic acids is 1. The van der Waals surface area contributed by atoms with Gasteiger partial charge >= 0.3 is 0 Å². The highest BCUT2D eigenvalue weighted by Gasteiger charge is 2.27. The summed E-state index contributed by atoms with van der Waals surface area (Å²) >= 11 is 0. The maximum Gasteiger partial charge on any atom is 0.278 e. The molecule has 1 amide bonds. The smallest absolute Gasteiger partial charge is 0.278 e. The fraction of sp³-hybridized carbons (Fsp3) is 0.267. The molecule has 0 spiro atoms. The van der Waals surface area contributed by atoms with Crippen LogP contribution in [0.25, 0.3) is 0 Å². The van der Waals surface area contributed by atoms with Gasteiger partial charge in [0.2, 0.25) is 0 Å². The average molecular weight is 257 g/mol. The molecule has 2 heterocycles. The Hall–Kier alpha value is -2.07. The molecule has 0 saturated heterocycles. The van der Waals surface area contributed by atoms with Crippen molar-refractivity contribution in [3.8, 4) is 0 Å². The lowest BCUT2D eigenvalue weighted by Gasteiger charge is -2.22. The Bertz CT molecular complexity index is 563. The molecule has 1 aromatic heterocycles. The SMILES string of the molecule is O=C(NCc1ccco1)[C@@H]1Cc2ccccc2C[NH2+]1. The maximum atomic E-state index is 12.1. The first-order chi connectivity index (χ1) is 9.33. The van der Waals surface area contributed by atoms with Crippen LogP contribution < -0.4 is 10.6 Å². The van der Waals surface area contributed by atoms with Gasteiger partial charge in [0, 0.05) is 12.0 Å². The van der Waals surface area contributed by atoms with Crippen LogP contribution in [0.3, 0.4) is 0 Å². The second kappa shape index (κ2) is 5.28. The number of quaternary nitrogens is 1. The Morgan fingerprint density at radius 2 is 2.11 bits per heavy atom. The van der Waals surface area contributed by atoms with Crippen molar-refractivity contribution in [2.75, 3.05) is 0 Å². The number of nitrogens with two attached hydrogens (primary N) is 1. The van der Waals surface area contributed by atoms with E-state index in [2.05, 4.69) is 22.8 Å². The number of carbonyl (C=O) groups is 1. The molecule has 1 aliphatic heterocycles. The van der Waals surface area contributed by atoms with Crippen molar-refractivity contribution in [1.82, 2.24) is 5.32 Å². The first kappa shape index (κ1) is 12.0. The highest BCUT2D eigenvalue weighted by molar-refractivity contribution is 5.80. The molecule has 2 aromatic rings. The van der Waals surface area contributed by atoms with Crippen LogP contribution in [-0.4, -0.2) is 11.9 Å². The van der Waals surface area contributed by atoms with E-state index in [0.717, 1.165) is 18.7 Å². The van der Waals surface area contributed by atoms with Crippen molar-refractivity contribution in [2.45, 2.75) is 25.6 Å². The van der Waals surface area contributed by atoms with E-state index in [1.165, 1.54) is 11.1 Å². The zero-order valence-corrected chi connectivity index (χ0v) is 10.6. The largest absolute Gasteiger partial charge is 0.467 e. The van der Waals surface area contributed by atoms with E-state index in [-0.39, 0.29) is 11.9 Å². The third kappa shape index (κ3) is 2.69. The summed E-state index contributed by atoms with van der Waals surface area (Å²) in [5, 5.41) is 5.02. The van der Waals surface area contributed by atoms with Crippen LogP contribution in [-0.2, 0) is 24.3 Å². The van der Waals surface area contributed by atoms with Crippen molar-refractivity contribution in [3.63, 3.8) is 0 Å². The average Bonchev–Trinajstić information content (AvgIpc) is 2.97. The molecule has 4 nitrogen and oxygen atoms in total. The van der Waals surface area contributed by atoms with Gasteiger partial charge in [0.15, 0.2) is 6.04 Å². The Morgan fingerprint density at radius 3 is 2.89 bits per heavy atom. The number of hydrogen-bond acceptors (Lipinski definition) is 2. The molecule has 3 N–H and O–H groups in total. The van der Waals surface area contributed by atoms with Gasteiger partial charge in [-0.1, -0.05) is 24.3 Å². The summed E-state index contributed by atoms with van der Waals surface area (Å²) in [6, 6.07) is 12.0. The van der Waals surface area contributed by atoms with Crippen LogP contribution in [0, 0.1) is 0 Å². The zero-order valence-electron chi connectivity index (χ0n) is 10.6. The summed E-state index contributed by atoms with van der Waals surface area (Å²) in [5.74, 6) is 0.857. The predicted octanol–water partition coefficient (Wildman–Crippen LogP) is 0.584. The molecular formula is C15H17N2O2+. The standard InChI is InChI=1S/C15H16N2O2/c18-15(17-10-13-6-3-7-19-13)14-8-11-4-1-2-5-12(11)9-16-14/h1-7,14,16H,8-10H2,(H,17,18)/p+1/t14-/m0/s1. The fourth-order valence-corrected chi connectivity index (χ4v) is 2.46. The van der Waals surface area contributed by atoms with E-state index in [4.69, 9.17) is 4.42 Å². The molecular weight excluding hydrogens is 240 g/mol. The summed E-state index contributed by atoms with van der Waals surface area (Å²) in [6.45, 7) is 1.33.